The van der Waals surface area contributed by atoms with Gasteiger partial charge in [0.05, 0.1) is 0 Å². The van der Waals surface area contributed by atoms with E-state index in [9.17, 15) is 15.0 Å². The van der Waals surface area contributed by atoms with Gasteiger partial charge in [0.2, 0.25) is 11.6 Å². The topological polar surface area (TPSA) is 85.2 Å². The van der Waals surface area contributed by atoms with Crippen molar-refractivity contribution >= 4 is 5.78 Å². The number of ketones is 1. The maximum atomic E-state index is 11.6. The summed E-state index contributed by atoms with van der Waals surface area (Å²) in [7, 11) is 0. The molecule has 2 heterocycles. The Kier molecular flexibility index (Phi) is 2.72. The number of fused-ring (bicyclic) bond motifs is 1. The highest BCUT2D eigenvalue weighted by atomic mass is 16.9. The van der Waals surface area contributed by atoms with Gasteiger partial charge in [-0.25, -0.2) is 0 Å². The Bertz CT molecular complexity index is 372. The molecule has 0 radical (unpaired) electrons. The van der Waals surface area contributed by atoms with E-state index in [4.69, 9.17) is 14.2 Å². The van der Waals surface area contributed by atoms with E-state index in [1.807, 2.05) is 0 Å². The molecule has 0 aromatic carbocycles. The van der Waals surface area contributed by atoms with Gasteiger partial charge < -0.3 is 24.4 Å². The third kappa shape index (κ3) is 1.64. The molecule has 2 aliphatic heterocycles. The summed E-state index contributed by atoms with van der Waals surface area (Å²) in [5.74, 6) is -4.79. The van der Waals surface area contributed by atoms with Gasteiger partial charge in [-0.05, 0) is 34.6 Å². The summed E-state index contributed by atoms with van der Waals surface area (Å²) in [5, 5.41) is 20.2. The molecule has 1 unspecified atom stereocenters. The second-order valence-corrected chi connectivity index (χ2v) is 5.69. The number of hydrogen-bond donors (Lipinski definition) is 2. The number of carbonyl (C=O) groups is 1. The van der Waals surface area contributed by atoms with Crippen LogP contribution < -0.4 is 0 Å². The Morgan fingerprint density at radius 2 is 1.78 bits per heavy atom. The van der Waals surface area contributed by atoms with Crippen molar-refractivity contribution in [2.75, 3.05) is 0 Å². The molecular weight excluding hydrogens is 240 g/mol. The van der Waals surface area contributed by atoms with Crippen LogP contribution in [0.4, 0.5) is 0 Å². The third-order valence-corrected chi connectivity index (χ3v) is 3.98. The molecule has 2 fully saturated rings. The van der Waals surface area contributed by atoms with Crippen LogP contribution in [0.15, 0.2) is 0 Å². The van der Waals surface area contributed by atoms with E-state index in [2.05, 4.69) is 0 Å². The first-order chi connectivity index (χ1) is 7.97. The monoisotopic (exact) mass is 260 g/mol. The summed E-state index contributed by atoms with van der Waals surface area (Å²) < 4.78 is 16.7. The lowest BCUT2D eigenvalue weighted by atomic mass is 9.94. The van der Waals surface area contributed by atoms with E-state index in [1.54, 1.807) is 6.92 Å². The normalized spacial score (nSPS) is 53.3. The van der Waals surface area contributed by atoms with E-state index in [0.717, 1.165) is 0 Å². The molecule has 0 spiro atoms. The molecule has 0 amide bonds. The molecule has 2 rings (SSSR count). The van der Waals surface area contributed by atoms with Crippen LogP contribution >= 0.6 is 0 Å². The highest BCUT2D eigenvalue weighted by Crippen LogP contribution is 2.55. The zero-order valence-corrected chi connectivity index (χ0v) is 11.3. The molecule has 2 aliphatic rings. The molecule has 6 heteroatoms. The van der Waals surface area contributed by atoms with Crippen LogP contribution in [0.5, 0.6) is 0 Å². The average Bonchev–Trinajstić information content (AvgIpc) is 2.43. The van der Waals surface area contributed by atoms with E-state index in [0.29, 0.717) is 0 Å². The van der Waals surface area contributed by atoms with E-state index in [-0.39, 0.29) is 12.2 Å². The van der Waals surface area contributed by atoms with E-state index < -0.39 is 29.1 Å². The van der Waals surface area contributed by atoms with Gasteiger partial charge in [0.25, 0.3) is 0 Å². The van der Waals surface area contributed by atoms with Crippen molar-refractivity contribution < 1.29 is 29.2 Å². The molecule has 18 heavy (non-hydrogen) atoms. The van der Waals surface area contributed by atoms with Crippen LogP contribution in [0, 0.1) is 0 Å². The van der Waals surface area contributed by atoms with Crippen molar-refractivity contribution in [3.8, 4) is 0 Å². The Morgan fingerprint density at radius 1 is 1.22 bits per heavy atom. The predicted octanol–water partition coefficient (Wildman–Crippen LogP) is 0.303. The molecule has 0 aliphatic carbocycles. The summed E-state index contributed by atoms with van der Waals surface area (Å²) in [4.78, 5) is 11.6. The quantitative estimate of drug-likeness (QED) is 0.743. The zero-order valence-electron chi connectivity index (χ0n) is 11.3. The summed E-state index contributed by atoms with van der Waals surface area (Å²) in [6.07, 6.45) is -0.982. The van der Waals surface area contributed by atoms with Crippen LogP contribution in [0.25, 0.3) is 0 Å². The third-order valence-electron chi connectivity index (χ3n) is 3.98. The lowest BCUT2D eigenvalue weighted by molar-refractivity contribution is -0.293. The summed E-state index contributed by atoms with van der Waals surface area (Å²) in [6.45, 7) is 7.51. The minimum Gasteiger partial charge on any atom is -0.388 e. The Labute approximate surface area is 106 Å². The second-order valence-electron chi connectivity index (χ2n) is 5.69. The molecule has 5 atom stereocenters. The van der Waals surface area contributed by atoms with Crippen LogP contribution in [0.3, 0.4) is 0 Å². The minimum absolute atomic E-state index is 0.0336. The average molecular weight is 260 g/mol. The van der Waals surface area contributed by atoms with Crippen molar-refractivity contribution in [1.82, 2.24) is 0 Å². The second kappa shape index (κ2) is 3.52. The fourth-order valence-corrected chi connectivity index (χ4v) is 2.50. The SMILES string of the molecule is CC(=O)[C@@]1(C)C[C@]2(O)O[C@](C)(C(C)O)O[C@]2(C)O1. The molecule has 0 aromatic rings. The number of hydrogen-bond acceptors (Lipinski definition) is 6. The van der Waals surface area contributed by atoms with E-state index in [1.165, 1.54) is 27.7 Å². The van der Waals surface area contributed by atoms with Gasteiger partial charge in [0.15, 0.2) is 11.6 Å². The number of ether oxygens (including phenoxy) is 3. The van der Waals surface area contributed by atoms with Gasteiger partial charge in [-0.1, -0.05) is 0 Å². The van der Waals surface area contributed by atoms with Gasteiger partial charge >= 0.3 is 0 Å². The van der Waals surface area contributed by atoms with Crippen molar-refractivity contribution in [2.24, 2.45) is 0 Å². The van der Waals surface area contributed by atoms with Crippen molar-refractivity contribution in [2.45, 2.75) is 70.1 Å². The molecule has 0 saturated carbocycles. The lowest BCUT2D eigenvalue weighted by Crippen LogP contribution is -2.45. The summed E-state index contributed by atoms with van der Waals surface area (Å²) >= 11 is 0. The molecule has 2 N–H and O–H groups in total. The molecule has 0 aromatic heterocycles. The van der Waals surface area contributed by atoms with Crippen LogP contribution in [-0.2, 0) is 19.0 Å². The van der Waals surface area contributed by atoms with Crippen LogP contribution in [0.2, 0.25) is 0 Å². The van der Waals surface area contributed by atoms with E-state index >= 15 is 0 Å². The number of Topliss-reactive ketones (excluding diaryl/α,β-unsaturated/α-hetero) is 1. The highest BCUT2D eigenvalue weighted by molar-refractivity contribution is 5.85. The largest absolute Gasteiger partial charge is 0.388 e. The molecular formula is C12H20O6. The molecule has 0 bridgehead atoms. The molecule has 6 nitrogen and oxygen atoms in total. The minimum atomic E-state index is -1.75. The van der Waals surface area contributed by atoms with Crippen molar-refractivity contribution in [3.05, 3.63) is 0 Å². The summed E-state index contributed by atoms with van der Waals surface area (Å²) in [6, 6.07) is 0. The number of rotatable bonds is 2. The standard InChI is InChI=1S/C12H20O6/c1-7(13)9(3)6-12(15)11(5,16-9)17-10(4,18-12)8(2)14/h8,14-15H,6H2,1-5H3/t8?,9-,10-,11+,12+/m1/s1. The highest BCUT2D eigenvalue weighted by Gasteiger charge is 2.73. The zero-order chi connectivity index (χ0) is 14.0. The van der Waals surface area contributed by atoms with Crippen LogP contribution in [-0.4, -0.2) is 45.1 Å². The fourth-order valence-electron chi connectivity index (χ4n) is 2.50. The Balaban J connectivity index is 2.34. The number of carbonyl (C=O) groups excluding carboxylic acids is 1. The smallest absolute Gasteiger partial charge is 0.226 e. The first kappa shape index (κ1) is 13.9. The summed E-state index contributed by atoms with van der Waals surface area (Å²) in [5.41, 5.74) is -1.15. The van der Waals surface area contributed by atoms with Gasteiger partial charge in [-0.2, -0.15) is 0 Å². The molecule has 2 saturated heterocycles. The maximum absolute atomic E-state index is 11.6. The first-order valence-electron chi connectivity index (χ1n) is 5.98. The lowest BCUT2D eigenvalue weighted by Gasteiger charge is -2.31. The fraction of sp³-hybridized carbons (Fsp3) is 0.917. The maximum Gasteiger partial charge on any atom is 0.226 e. The van der Waals surface area contributed by atoms with Crippen LogP contribution in [0.1, 0.15) is 41.0 Å². The Hall–Kier alpha value is -0.530. The first-order valence-corrected chi connectivity index (χ1v) is 5.98. The molecule has 104 valence electrons. The number of aliphatic hydroxyl groups excluding tert-OH is 1. The van der Waals surface area contributed by atoms with Crippen molar-refractivity contribution in [3.63, 3.8) is 0 Å². The van der Waals surface area contributed by atoms with Gasteiger partial charge in [0, 0.05) is 6.42 Å². The number of aliphatic hydroxyl groups is 2. The van der Waals surface area contributed by atoms with Gasteiger partial charge in [-0.15, -0.1) is 0 Å². The predicted molar refractivity (Wildman–Crippen MR) is 60.4 cm³/mol. The van der Waals surface area contributed by atoms with Gasteiger partial charge in [-0.3, -0.25) is 4.79 Å². The van der Waals surface area contributed by atoms with Gasteiger partial charge in [0.1, 0.15) is 11.7 Å². The Morgan fingerprint density at radius 3 is 2.17 bits per heavy atom. The van der Waals surface area contributed by atoms with Crippen molar-refractivity contribution in [1.29, 1.82) is 0 Å².